The molecule has 2 aliphatic rings. The van der Waals surface area contributed by atoms with Crippen LogP contribution < -0.4 is 0 Å². The molecule has 0 aromatic rings. The van der Waals surface area contributed by atoms with Crippen LogP contribution in [0.5, 0.6) is 0 Å². The van der Waals surface area contributed by atoms with E-state index in [1.54, 1.807) is 0 Å². The predicted molar refractivity (Wildman–Crippen MR) is 46.7 cm³/mol. The van der Waals surface area contributed by atoms with Crippen LogP contribution in [0.15, 0.2) is 46.3 Å². The highest BCUT2D eigenvalue weighted by atomic mass is 32.2. The summed E-state index contributed by atoms with van der Waals surface area (Å²) in [5.41, 5.74) is 1.45. The molecule has 0 amide bonds. The maximum absolute atomic E-state index is 2.19. The second kappa shape index (κ2) is 2.51. The highest BCUT2D eigenvalue weighted by Gasteiger charge is 2.06. The van der Waals surface area contributed by atoms with Crippen LogP contribution in [-0.2, 0) is 0 Å². The number of thioether (sulfide) groups is 1. The lowest BCUT2D eigenvalue weighted by Crippen LogP contribution is -1.89. The van der Waals surface area contributed by atoms with E-state index >= 15 is 0 Å². The first kappa shape index (κ1) is 6.05. The van der Waals surface area contributed by atoms with Crippen molar-refractivity contribution in [3.05, 3.63) is 46.3 Å². The zero-order valence-electron chi connectivity index (χ0n) is 5.58. The summed E-state index contributed by atoms with van der Waals surface area (Å²) in [6, 6.07) is 0. The highest BCUT2D eigenvalue weighted by Crippen LogP contribution is 2.33. The molecule has 0 fully saturated rings. The van der Waals surface area contributed by atoms with E-state index in [9.17, 15) is 0 Å². The van der Waals surface area contributed by atoms with Gasteiger partial charge in [0.2, 0.25) is 0 Å². The Bertz CT molecular complexity index is 226. The van der Waals surface area contributed by atoms with Crippen molar-refractivity contribution >= 4 is 11.8 Å². The lowest BCUT2D eigenvalue weighted by atomic mass is 10.1. The van der Waals surface area contributed by atoms with Crippen LogP contribution in [0.4, 0.5) is 0 Å². The standard InChI is InChI=1S/C9H8S/c1-2-6-9-8(4-1)5-3-7-10-9/h1-3,5-7H,4H2. The van der Waals surface area contributed by atoms with Crippen molar-refractivity contribution < 1.29 is 0 Å². The number of hydrogen-bond acceptors (Lipinski definition) is 1. The Morgan fingerprint density at radius 1 is 1.20 bits per heavy atom. The maximum Gasteiger partial charge on any atom is 0.0151 e. The molecule has 0 bridgehead atoms. The zero-order valence-corrected chi connectivity index (χ0v) is 6.40. The van der Waals surface area contributed by atoms with Gasteiger partial charge in [0.25, 0.3) is 0 Å². The molecule has 1 aliphatic carbocycles. The minimum absolute atomic E-state index is 1.10. The van der Waals surface area contributed by atoms with E-state index in [1.165, 1.54) is 10.5 Å². The van der Waals surface area contributed by atoms with Gasteiger partial charge in [-0.1, -0.05) is 36.1 Å². The Balaban J connectivity index is 2.38. The Morgan fingerprint density at radius 3 is 3.10 bits per heavy atom. The van der Waals surface area contributed by atoms with Crippen LogP contribution in [0.3, 0.4) is 0 Å². The molecule has 0 nitrogen and oxygen atoms in total. The van der Waals surface area contributed by atoms with Gasteiger partial charge >= 0.3 is 0 Å². The number of hydrogen-bond donors (Lipinski definition) is 0. The van der Waals surface area contributed by atoms with E-state index in [4.69, 9.17) is 0 Å². The molecule has 0 saturated carbocycles. The molecule has 0 saturated heterocycles. The Labute approximate surface area is 65.0 Å². The van der Waals surface area contributed by atoms with Gasteiger partial charge in [0.15, 0.2) is 0 Å². The van der Waals surface area contributed by atoms with Gasteiger partial charge in [0.05, 0.1) is 0 Å². The maximum atomic E-state index is 2.19. The first-order valence-corrected chi connectivity index (χ1v) is 4.24. The summed E-state index contributed by atoms with van der Waals surface area (Å²) < 4.78 is 0. The van der Waals surface area contributed by atoms with E-state index in [1.807, 2.05) is 11.8 Å². The largest absolute Gasteiger partial charge is 0.0978 e. The van der Waals surface area contributed by atoms with Crippen molar-refractivity contribution in [2.45, 2.75) is 6.42 Å². The van der Waals surface area contributed by atoms with Crippen LogP contribution in [0.25, 0.3) is 0 Å². The monoisotopic (exact) mass is 148 g/mol. The summed E-state index contributed by atoms with van der Waals surface area (Å²) in [5.74, 6) is 0. The van der Waals surface area contributed by atoms with Gasteiger partial charge in [-0.15, -0.1) is 0 Å². The second-order valence-corrected chi connectivity index (χ2v) is 3.25. The van der Waals surface area contributed by atoms with Crippen LogP contribution in [-0.4, -0.2) is 0 Å². The van der Waals surface area contributed by atoms with Gasteiger partial charge in [-0.05, 0) is 23.5 Å². The van der Waals surface area contributed by atoms with Crippen molar-refractivity contribution in [3.63, 3.8) is 0 Å². The highest BCUT2D eigenvalue weighted by molar-refractivity contribution is 8.06. The van der Waals surface area contributed by atoms with E-state index in [0.717, 1.165) is 6.42 Å². The Hall–Kier alpha value is -0.690. The number of rotatable bonds is 0. The SMILES string of the molecule is C1=CCC2=CC=CSC2=C1. The Kier molecular flexibility index (Phi) is 1.52. The molecular weight excluding hydrogens is 140 g/mol. The third-order valence-electron chi connectivity index (χ3n) is 1.61. The van der Waals surface area contributed by atoms with Gasteiger partial charge in [-0.2, -0.15) is 0 Å². The minimum Gasteiger partial charge on any atom is -0.0978 e. The first-order chi connectivity index (χ1) is 4.97. The third-order valence-corrected chi connectivity index (χ3v) is 2.55. The van der Waals surface area contributed by atoms with Gasteiger partial charge in [-0.25, -0.2) is 0 Å². The number of allylic oxidation sites excluding steroid dienone is 6. The summed E-state index contributed by atoms with van der Waals surface area (Å²) >= 11 is 1.81. The van der Waals surface area contributed by atoms with E-state index in [0.29, 0.717) is 0 Å². The molecule has 2 rings (SSSR count). The lowest BCUT2D eigenvalue weighted by Gasteiger charge is -2.12. The topological polar surface area (TPSA) is 0 Å². The number of fused-ring (bicyclic) bond motifs is 1. The van der Waals surface area contributed by atoms with E-state index < -0.39 is 0 Å². The molecule has 0 aromatic heterocycles. The third kappa shape index (κ3) is 0.971. The molecule has 1 heterocycles. The summed E-state index contributed by atoms with van der Waals surface area (Å²) in [5, 5.41) is 2.12. The van der Waals surface area contributed by atoms with Crippen molar-refractivity contribution in [2.75, 3.05) is 0 Å². The van der Waals surface area contributed by atoms with Gasteiger partial charge in [0, 0.05) is 4.91 Å². The van der Waals surface area contributed by atoms with Gasteiger partial charge in [-0.3, -0.25) is 0 Å². The molecule has 0 radical (unpaired) electrons. The van der Waals surface area contributed by atoms with Crippen molar-refractivity contribution in [3.8, 4) is 0 Å². The van der Waals surface area contributed by atoms with Crippen LogP contribution in [0.1, 0.15) is 6.42 Å². The first-order valence-electron chi connectivity index (χ1n) is 3.36. The normalized spacial score (nSPS) is 21.6. The average Bonchev–Trinajstić information content (AvgIpc) is 2.05. The molecule has 1 aliphatic heterocycles. The Morgan fingerprint density at radius 2 is 2.20 bits per heavy atom. The quantitative estimate of drug-likeness (QED) is 0.509. The summed E-state index contributed by atoms with van der Waals surface area (Å²) in [6.07, 6.45) is 11.9. The average molecular weight is 148 g/mol. The van der Waals surface area contributed by atoms with Gasteiger partial charge < -0.3 is 0 Å². The molecular formula is C9H8S. The summed E-state index contributed by atoms with van der Waals surface area (Å²) in [7, 11) is 0. The zero-order chi connectivity index (χ0) is 6.81. The van der Waals surface area contributed by atoms with Crippen molar-refractivity contribution in [1.82, 2.24) is 0 Å². The van der Waals surface area contributed by atoms with Crippen molar-refractivity contribution in [2.24, 2.45) is 0 Å². The van der Waals surface area contributed by atoms with Crippen LogP contribution >= 0.6 is 11.8 Å². The molecule has 0 atom stereocenters. The second-order valence-electron chi connectivity index (χ2n) is 2.30. The van der Waals surface area contributed by atoms with Crippen LogP contribution in [0.2, 0.25) is 0 Å². The summed E-state index contributed by atoms with van der Waals surface area (Å²) in [6.45, 7) is 0. The van der Waals surface area contributed by atoms with Gasteiger partial charge in [0.1, 0.15) is 0 Å². The van der Waals surface area contributed by atoms with Crippen molar-refractivity contribution in [1.29, 1.82) is 0 Å². The molecule has 0 spiro atoms. The molecule has 0 unspecified atom stereocenters. The molecule has 0 N–H and O–H groups in total. The molecule has 50 valence electrons. The fourth-order valence-electron chi connectivity index (χ4n) is 1.09. The minimum atomic E-state index is 1.10. The lowest BCUT2D eigenvalue weighted by molar-refractivity contribution is 1.25. The van der Waals surface area contributed by atoms with Crippen LogP contribution in [0, 0.1) is 0 Å². The molecule has 1 heteroatoms. The smallest absolute Gasteiger partial charge is 0.0151 e. The molecule has 0 aromatic carbocycles. The fourth-order valence-corrected chi connectivity index (χ4v) is 1.85. The van der Waals surface area contributed by atoms with E-state index in [2.05, 4.69) is 35.8 Å². The summed E-state index contributed by atoms with van der Waals surface area (Å²) in [4.78, 5) is 1.41. The van der Waals surface area contributed by atoms with E-state index in [-0.39, 0.29) is 0 Å². The predicted octanol–water partition coefficient (Wildman–Crippen LogP) is 3.02. The fraction of sp³-hybridized carbons (Fsp3) is 0.111. The molecule has 10 heavy (non-hydrogen) atoms.